The minimum atomic E-state index is -1.17. The van der Waals surface area contributed by atoms with Crippen LogP contribution in [0.4, 0.5) is 10.3 Å². The van der Waals surface area contributed by atoms with E-state index in [0.717, 1.165) is 28.7 Å². The molecule has 0 unspecified atom stereocenters. The number of methoxy groups -OCH3 is 1. The Labute approximate surface area is 206 Å². The molecule has 12 heteroatoms. The minimum absolute atomic E-state index is 0.169. The van der Waals surface area contributed by atoms with E-state index in [1.165, 1.54) is 0 Å². The number of aryl methyl sites for hydroxylation is 1. The van der Waals surface area contributed by atoms with Crippen molar-refractivity contribution >= 4 is 22.5 Å². The average molecular weight is 492 g/mol. The Hall–Kier alpha value is -3.82. The second-order valence-electron chi connectivity index (χ2n) is 9.16. The SMILES string of the molecule is [C-]#[N+]C1(N2CC[C@H](Nc3nc(OC)c4c(-c5ccc6nnn(CC)c6c5)ccn4n3)[C@H](F)C2)COC1. The molecule has 36 heavy (non-hydrogen) atoms. The fraction of sp³-hybridized carbons (Fsp3) is 0.458. The molecule has 0 saturated carbocycles. The number of aromatic nitrogens is 6. The van der Waals surface area contributed by atoms with Crippen LogP contribution in [0, 0.1) is 6.57 Å². The van der Waals surface area contributed by atoms with E-state index in [1.54, 1.807) is 11.6 Å². The molecule has 3 aromatic heterocycles. The van der Waals surface area contributed by atoms with E-state index in [9.17, 15) is 0 Å². The molecule has 1 aromatic carbocycles. The van der Waals surface area contributed by atoms with Gasteiger partial charge in [0.25, 0.3) is 0 Å². The van der Waals surface area contributed by atoms with Crippen molar-refractivity contribution in [2.45, 2.75) is 37.8 Å². The van der Waals surface area contributed by atoms with E-state index in [-0.39, 0.29) is 12.5 Å². The predicted octanol–water partition coefficient (Wildman–Crippen LogP) is 2.64. The Bertz CT molecular complexity index is 1470. The molecule has 2 aliphatic rings. The number of alkyl halides is 1. The number of piperidine rings is 1. The first-order valence-corrected chi connectivity index (χ1v) is 11.9. The van der Waals surface area contributed by atoms with E-state index in [2.05, 4.69) is 30.6 Å². The van der Waals surface area contributed by atoms with Crippen molar-refractivity contribution in [3.63, 3.8) is 0 Å². The molecule has 2 saturated heterocycles. The van der Waals surface area contributed by atoms with Gasteiger partial charge in [0, 0.05) is 31.4 Å². The van der Waals surface area contributed by atoms with Crippen LogP contribution in [0.3, 0.4) is 0 Å². The molecule has 5 heterocycles. The Morgan fingerprint density at radius 1 is 1.33 bits per heavy atom. The van der Waals surface area contributed by atoms with Crippen molar-refractivity contribution in [2.24, 2.45) is 0 Å². The molecule has 0 aliphatic carbocycles. The lowest BCUT2D eigenvalue weighted by molar-refractivity contribution is -0.127. The topological polar surface area (TPSA) is 99.0 Å². The van der Waals surface area contributed by atoms with E-state index >= 15 is 4.39 Å². The molecule has 2 atom stereocenters. The summed E-state index contributed by atoms with van der Waals surface area (Å²) < 4.78 is 29.6. The summed E-state index contributed by atoms with van der Waals surface area (Å²) in [5.41, 5.74) is 3.65. The molecule has 0 bridgehead atoms. The quantitative estimate of drug-likeness (QED) is 0.411. The largest absolute Gasteiger partial charge is 0.479 e. The van der Waals surface area contributed by atoms with E-state index in [4.69, 9.17) is 16.0 Å². The maximum Gasteiger partial charge on any atom is 0.334 e. The van der Waals surface area contributed by atoms with Crippen LogP contribution < -0.4 is 10.1 Å². The van der Waals surface area contributed by atoms with Crippen LogP contribution in [0.1, 0.15) is 13.3 Å². The molecule has 0 amide bonds. The standard InChI is InChI=1S/C24H26FN9O2/c1-4-33-20-11-15(5-6-19(20)29-31-33)16-7-10-34-21(16)22(35-3)28-23(30-34)27-18-8-9-32(12-17(18)25)24(26-2)13-36-14-24/h5-7,10-11,17-18H,4,8-9,12-14H2,1,3H3,(H,27,30)/t17-,18+/m1/s1. The number of hydrogen-bond acceptors (Lipinski definition) is 8. The smallest absolute Gasteiger partial charge is 0.334 e. The van der Waals surface area contributed by atoms with Crippen molar-refractivity contribution < 1.29 is 13.9 Å². The van der Waals surface area contributed by atoms with Crippen molar-refractivity contribution in [2.75, 3.05) is 38.7 Å². The first-order chi connectivity index (χ1) is 17.5. The summed E-state index contributed by atoms with van der Waals surface area (Å²) in [5.74, 6) is 0.680. The van der Waals surface area contributed by atoms with Gasteiger partial charge in [-0.1, -0.05) is 11.3 Å². The number of nitrogens with one attached hydrogen (secondary N) is 1. The Morgan fingerprint density at radius 2 is 2.19 bits per heavy atom. The average Bonchev–Trinajstić information content (AvgIpc) is 3.48. The van der Waals surface area contributed by atoms with Gasteiger partial charge in [0.05, 0.1) is 18.7 Å². The molecule has 0 radical (unpaired) electrons. The highest BCUT2D eigenvalue weighted by Gasteiger charge is 2.53. The molecule has 2 fully saturated rings. The van der Waals surface area contributed by atoms with Gasteiger partial charge in [-0.3, -0.25) is 4.85 Å². The van der Waals surface area contributed by atoms with Gasteiger partial charge in [-0.25, -0.2) is 25.1 Å². The highest BCUT2D eigenvalue weighted by Crippen LogP contribution is 2.34. The van der Waals surface area contributed by atoms with E-state index < -0.39 is 17.9 Å². The van der Waals surface area contributed by atoms with Crippen LogP contribution in [-0.2, 0) is 11.3 Å². The number of rotatable bonds is 6. The number of halogens is 1. The van der Waals surface area contributed by atoms with Crippen LogP contribution in [0.5, 0.6) is 5.88 Å². The van der Waals surface area contributed by atoms with Crippen molar-refractivity contribution in [1.29, 1.82) is 0 Å². The number of ether oxygens (including phenoxy) is 2. The van der Waals surface area contributed by atoms with Crippen molar-refractivity contribution in [1.82, 2.24) is 34.5 Å². The van der Waals surface area contributed by atoms with Gasteiger partial charge >= 0.3 is 5.66 Å². The summed E-state index contributed by atoms with van der Waals surface area (Å²) in [6.45, 7) is 11.7. The Morgan fingerprint density at radius 3 is 2.89 bits per heavy atom. The minimum Gasteiger partial charge on any atom is -0.479 e. The van der Waals surface area contributed by atoms with Crippen molar-refractivity contribution in [3.8, 4) is 17.0 Å². The van der Waals surface area contributed by atoms with Crippen LogP contribution in [0.25, 0.3) is 32.5 Å². The van der Waals surface area contributed by atoms with Gasteiger partial charge in [0.15, 0.2) is 0 Å². The molecule has 6 rings (SSSR count). The lowest BCUT2D eigenvalue weighted by Crippen LogP contribution is -2.64. The first-order valence-electron chi connectivity index (χ1n) is 11.9. The fourth-order valence-electron chi connectivity index (χ4n) is 5.01. The molecular weight excluding hydrogens is 465 g/mol. The number of fused-ring (bicyclic) bond motifs is 2. The summed E-state index contributed by atoms with van der Waals surface area (Å²) in [6.07, 6.45) is 1.19. The van der Waals surface area contributed by atoms with E-state index in [1.807, 2.05) is 47.0 Å². The zero-order valence-electron chi connectivity index (χ0n) is 20.1. The third-order valence-electron chi connectivity index (χ3n) is 7.12. The highest BCUT2D eigenvalue weighted by atomic mass is 19.1. The molecule has 0 spiro atoms. The predicted molar refractivity (Wildman–Crippen MR) is 130 cm³/mol. The Balaban J connectivity index is 1.27. The van der Waals surface area contributed by atoms with Crippen LogP contribution in [0.15, 0.2) is 30.5 Å². The van der Waals surface area contributed by atoms with Crippen LogP contribution in [0.2, 0.25) is 0 Å². The lowest BCUT2D eigenvalue weighted by Gasteiger charge is -2.43. The number of anilines is 1. The molecule has 1 N–H and O–H groups in total. The molecule has 2 aliphatic heterocycles. The molecule has 4 aromatic rings. The summed E-state index contributed by atoms with van der Waals surface area (Å²) in [6, 6.07) is 7.47. The second kappa shape index (κ2) is 8.69. The van der Waals surface area contributed by atoms with Gasteiger partial charge in [-0.05, 0) is 37.1 Å². The normalized spacial score (nSPS) is 21.8. The Kier molecular flexibility index (Phi) is 5.46. The fourth-order valence-corrected chi connectivity index (χ4v) is 5.01. The monoisotopic (exact) mass is 491 g/mol. The number of nitrogens with zero attached hydrogens (tertiary/aromatic N) is 8. The lowest BCUT2D eigenvalue weighted by atomic mass is 9.97. The maximum absolute atomic E-state index is 15.1. The molecule has 186 valence electrons. The van der Waals surface area contributed by atoms with Gasteiger partial charge in [0.2, 0.25) is 11.8 Å². The van der Waals surface area contributed by atoms with Gasteiger partial charge in [-0.2, -0.15) is 4.98 Å². The third-order valence-corrected chi connectivity index (χ3v) is 7.12. The summed E-state index contributed by atoms with van der Waals surface area (Å²) in [5, 5.41) is 16.1. The van der Waals surface area contributed by atoms with Gasteiger partial charge in [-0.15, -0.1) is 10.2 Å². The third kappa shape index (κ3) is 3.54. The van der Waals surface area contributed by atoms with Crippen LogP contribution >= 0.6 is 0 Å². The summed E-state index contributed by atoms with van der Waals surface area (Å²) in [7, 11) is 1.56. The first kappa shape index (κ1) is 22.6. The number of likely N-dealkylation sites (tertiary alicyclic amines) is 1. The van der Waals surface area contributed by atoms with Gasteiger partial charge in [0.1, 0.15) is 30.4 Å². The van der Waals surface area contributed by atoms with E-state index in [0.29, 0.717) is 37.6 Å². The highest BCUT2D eigenvalue weighted by molar-refractivity contribution is 5.89. The van der Waals surface area contributed by atoms with Gasteiger partial charge < -0.3 is 14.8 Å². The molecular formula is C24H26FN9O2. The van der Waals surface area contributed by atoms with Crippen LogP contribution in [-0.4, -0.2) is 85.8 Å². The summed E-state index contributed by atoms with van der Waals surface area (Å²) in [4.78, 5) is 10.2. The zero-order valence-corrected chi connectivity index (χ0v) is 20.1. The summed E-state index contributed by atoms with van der Waals surface area (Å²) >= 11 is 0. The zero-order chi connectivity index (χ0) is 24.9. The maximum atomic E-state index is 15.1. The molecule has 11 nitrogen and oxygen atoms in total. The number of benzene rings is 1. The second-order valence-corrected chi connectivity index (χ2v) is 9.16. The van der Waals surface area contributed by atoms with Crippen molar-refractivity contribution in [3.05, 3.63) is 41.9 Å². The number of hydrogen-bond donors (Lipinski definition) is 1.